The van der Waals surface area contributed by atoms with E-state index in [-0.39, 0.29) is 79.4 Å². The minimum absolute atomic E-state index is 0. The van der Waals surface area contributed by atoms with Crippen LogP contribution < -0.4 is 58.9 Å². The molecule has 0 saturated carbocycles. The maximum atomic E-state index is 2.89. The van der Waals surface area contributed by atoms with Gasteiger partial charge in [0.1, 0.15) is 0 Å². The van der Waals surface area contributed by atoms with Gasteiger partial charge in [-0.1, -0.05) is 30.3 Å². The number of hydrogen-bond acceptors (Lipinski definition) is 0. The van der Waals surface area contributed by atoms with E-state index in [9.17, 15) is 0 Å². The summed E-state index contributed by atoms with van der Waals surface area (Å²) in [6, 6.07) is 29.3. The summed E-state index contributed by atoms with van der Waals surface area (Å²) in [6.45, 7) is 0. The van der Waals surface area contributed by atoms with E-state index >= 15 is 0 Å². The van der Waals surface area contributed by atoms with Gasteiger partial charge in [0.05, 0.1) is 0 Å². The maximum absolute atomic E-state index is 2.89. The minimum atomic E-state index is 0. The van der Waals surface area contributed by atoms with E-state index in [4.69, 9.17) is 0 Å². The third-order valence-electron chi connectivity index (χ3n) is 3.04. The molecule has 5 rings (SSSR count). The molecule has 0 amide bonds. The molecule has 33 heavy (non-hydrogen) atoms. The second kappa shape index (κ2) is 32.4. The number of hydrogen-bond donors (Lipinski definition) is 0. The van der Waals surface area contributed by atoms with E-state index in [2.05, 4.69) is 24.9 Å². The molecule has 5 nitrogen and oxygen atoms in total. The second-order valence-electron chi connectivity index (χ2n) is 5.39. The van der Waals surface area contributed by atoms with Gasteiger partial charge in [0, 0.05) is 60.7 Å². The monoisotopic (exact) mass is 646 g/mol. The van der Waals surface area contributed by atoms with Crippen molar-refractivity contribution in [1.82, 2.24) is 0 Å². The van der Waals surface area contributed by atoms with Gasteiger partial charge in [0.2, 0.25) is 0 Å². The molecule has 0 aliphatic rings. The van der Waals surface area contributed by atoms with Crippen LogP contribution in [0.25, 0.3) is 0 Å². The van der Waals surface area contributed by atoms with E-state index in [1.165, 1.54) is 0 Å². The quantitative estimate of drug-likeness (QED) is 0.155. The molecule has 166 valence electrons. The Kier molecular flexibility index (Phi) is 35.1. The predicted molar refractivity (Wildman–Crippen MR) is 121 cm³/mol. The Hall–Kier alpha value is -1.81. The van der Waals surface area contributed by atoms with Gasteiger partial charge in [-0.2, -0.15) is 0 Å². The van der Waals surface area contributed by atoms with Crippen molar-refractivity contribution in [2.45, 2.75) is 0 Å². The molecule has 0 fully saturated rings. The van der Waals surface area contributed by atoms with Gasteiger partial charge in [0.15, 0.2) is 62.0 Å². The molecule has 8 heteroatoms. The Morgan fingerprint density at radius 1 is 0.212 bits per heavy atom. The summed E-state index contributed by atoms with van der Waals surface area (Å²) in [7, 11) is 0. The van der Waals surface area contributed by atoms with Crippen molar-refractivity contribution in [1.29, 1.82) is 0 Å². The van der Waals surface area contributed by atoms with Gasteiger partial charge >= 0.3 is 45.5 Å². The van der Waals surface area contributed by atoms with Crippen LogP contribution in [0.4, 0.5) is 0 Å². The van der Waals surface area contributed by atoms with Gasteiger partial charge in [-0.15, -0.1) is 0 Å². The fourth-order valence-corrected chi connectivity index (χ4v) is 1.71. The summed E-state index contributed by atoms with van der Waals surface area (Å²) in [6.07, 6.45) is 18.8. The van der Waals surface area contributed by atoms with Crippen molar-refractivity contribution in [3.63, 3.8) is 0 Å². The fourth-order valence-electron chi connectivity index (χ4n) is 1.71. The van der Waals surface area contributed by atoms with Crippen molar-refractivity contribution in [3.8, 4) is 0 Å². The minimum Gasteiger partial charge on any atom is -1.00 e. The summed E-state index contributed by atoms with van der Waals surface area (Å²) < 4.78 is 0. The molecule has 0 radical (unpaired) electrons. The summed E-state index contributed by atoms with van der Waals surface area (Å²) >= 11 is 0. The summed E-state index contributed by atoms with van der Waals surface area (Å²) in [5.74, 6) is 0. The maximum Gasteiger partial charge on any atom is 2.00 e. The Labute approximate surface area is 254 Å². The van der Waals surface area contributed by atoms with E-state index in [1.807, 2.05) is 153 Å². The van der Waals surface area contributed by atoms with Crippen LogP contribution in [-0.2, 0) is 0 Å². The molecule has 0 aliphatic carbocycles. The zero-order valence-electron chi connectivity index (χ0n) is 18.4. The normalized spacial score (nSPS) is 7.27. The van der Waals surface area contributed by atoms with E-state index in [0.29, 0.717) is 0 Å². The number of aromatic nitrogens is 5. The number of pyridine rings is 5. The summed E-state index contributed by atoms with van der Waals surface area (Å²) in [5, 5.41) is 0. The van der Waals surface area contributed by atoms with Crippen LogP contribution in [0, 0.1) is 0 Å². The Bertz CT molecular complexity index is 579. The third-order valence-corrected chi connectivity index (χ3v) is 3.04. The first-order valence-electron chi connectivity index (χ1n) is 9.55. The zero-order chi connectivity index (χ0) is 21.2. The van der Waals surface area contributed by atoms with Crippen molar-refractivity contribution < 1.29 is 58.9 Å². The molecular formula is C25H30Br2N5Sr+5. The van der Waals surface area contributed by atoms with Crippen molar-refractivity contribution >= 4 is 45.5 Å². The summed E-state index contributed by atoms with van der Waals surface area (Å²) in [4.78, 5) is 14.5. The standard InChI is InChI=1S/5C5H5N.2BrH.Sr/c5*1-2-4-6-5-3-1;;;/h5*1-5H;2*1H;/q;;;;;;;+2/p+3. The van der Waals surface area contributed by atoms with Crippen LogP contribution in [-0.4, -0.2) is 45.5 Å². The average molecular weight is 648 g/mol. The van der Waals surface area contributed by atoms with Crippen molar-refractivity contribution in [2.24, 2.45) is 0 Å². The van der Waals surface area contributed by atoms with Crippen LogP contribution in [0.2, 0.25) is 0 Å². The number of halogens is 2. The average Bonchev–Trinajstić information content (AvgIpc) is 2.91. The molecule has 0 unspecified atom stereocenters. The molecule has 0 spiro atoms. The zero-order valence-corrected chi connectivity index (χ0v) is 25.0. The first kappa shape index (κ1) is 35.8. The first-order chi connectivity index (χ1) is 15.0. The third kappa shape index (κ3) is 30.2. The van der Waals surface area contributed by atoms with Crippen LogP contribution in [0.5, 0.6) is 0 Å². The predicted octanol–water partition coefficient (Wildman–Crippen LogP) is -3.87. The van der Waals surface area contributed by atoms with Gasteiger partial charge < -0.3 is 34.0 Å². The number of rotatable bonds is 0. The molecule has 5 N–H and O–H groups in total. The Balaban J connectivity index is -0.000000333. The van der Waals surface area contributed by atoms with Gasteiger partial charge in [0.25, 0.3) is 0 Å². The fraction of sp³-hybridized carbons (Fsp3) is 0. The molecule has 5 heterocycles. The number of aromatic amines is 5. The van der Waals surface area contributed by atoms with Crippen LogP contribution in [0.15, 0.2) is 153 Å². The van der Waals surface area contributed by atoms with E-state index in [1.54, 1.807) is 0 Å². The molecule has 0 aliphatic heterocycles. The van der Waals surface area contributed by atoms with Crippen molar-refractivity contribution in [2.75, 3.05) is 0 Å². The molecular weight excluding hydrogens is 618 g/mol. The first-order valence-corrected chi connectivity index (χ1v) is 9.55. The smallest absolute Gasteiger partial charge is 1.00 e. The van der Waals surface area contributed by atoms with E-state index in [0.717, 1.165) is 0 Å². The van der Waals surface area contributed by atoms with Gasteiger partial charge in [-0.25, -0.2) is 24.9 Å². The number of H-pyrrole nitrogens is 5. The second-order valence-corrected chi connectivity index (χ2v) is 5.39. The van der Waals surface area contributed by atoms with Crippen LogP contribution >= 0.6 is 0 Å². The molecule has 5 aromatic heterocycles. The largest absolute Gasteiger partial charge is 2.00 e. The van der Waals surface area contributed by atoms with Gasteiger partial charge in [-0.05, 0) is 0 Å². The number of nitrogens with one attached hydrogen (secondary N) is 5. The van der Waals surface area contributed by atoms with Gasteiger partial charge in [-0.3, -0.25) is 0 Å². The molecule has 0 aromatic carbocycles. The SMILES string of the molecule is [Br-].[Br-].[Sr+2].c1cc[nH+]cc1.c1cc[nH+]cc1.c1cc[nH+]cc1.c1cc[nH+]cc1.c1cc[nH+]cc1. The molecule has 0 bridgehead atoms. The van der Waals surface area contributed by atoms with Crippen LogP contribution in [0.3, 0.4) is 0 Å². The van der Waals surface area contributed by atoms with Crippen LogP contribution in [0.1, 0.15) is 0 Å². The topological polar surface area (TPSA) is 70.7 Å². The van der Waals surface area contributed by atoms with Crippen molar-refractivity contribution in [3.05, 3.63) is 153 Å². The summed E-state index contributed by atoms with van der Waals surface area (Å²) in [5.41, 5.74) is 0. The Morgan fingerprint density at radius 2 is 0.333 bits per heavy atom. The molecule has 0 atom stereocenters. The van der Waals surface area contributed by atoms with E-state index < -0.39 is 0 Å². The molecule has 5 aromatic rings. The molecule has 0 saturated heterocycles. The Morgan fingerprint density at radius 3 is 0.364 bits per heavy atom.